The van der Waals surface area contributed by atoms with Crippen LogP contribution in [0.5, 0.6) is 5.75 Å². The molecule has 1 aromatic carbocycles. The lowest BCUT2D eigenvalue weighted by Gasteiger charge is -2.48. The fourth-order valence-corrected chi connectivity index (χ4v) is 6.29. The summed E-state index contributed by atoms with van der Waals surface area (Å²) in [4.78, 5) is 56.9. The number of aromatic nitrogens is 1. The summed E-state index contributed by atoms with van der Waals surface area (Å²) in [6.07, 6.45) is 1.19. The van der Waals surface area contributed by atoms with E-state index in [1.807, 2.05) is 48.7 Å². The molecule has 0 radical (unpaired) electrons. The zero-order chi connectivity index (χ0) is 26.5. The molecule has 1 aromatic heterocycles. The topological polar surface area (TPSA) is 92.2 Å². The van der Waals surface area contributed by atoms with E-state index in [9.17, 15) is 19.2 Å². The molecule has 196 valence electrons. The molecule has 0 aliphatic carbocycles. The number of likely N-dealkylation sites (tertiary alicyclic amines) is 1. The third-order valence-corrected chi connectivity index (χ3v) is 7.85. The zero-order valence-corrected chi connectivity index (χ0v) is 21.8. The number of amides is 4. The normalized spacial score (nSPS) is 23.4. The number of imide groups is 2. The molecule has 4 amide bonds. The minimum atomic E-state index is -1.43. The van der Waals surface area contributed by atoms with Gasteiger partial charge in [-0.25, -0.2) is 4.79 Å². The highest BCUT2D eigenvalue weighted by atomic mass is 16.5. The number of fused-ring (bicyclic) bond motifs is 4. The monoisotopic (exact) mass is 506 g/mol. The van der Waals surface area contributed by atoms with Crippen LogP contribution in [0.15, 0.2) is 47.3 Å². The molecule has 37 heavy (non-hydrogen) atoms. The van der Waals surface area contributed by atoms with E-state index in [0.717, 1.165) is 33.2 Å². The van der Waals surface area contributed by atoms with Crippen LogP contribution in [0.2, 0.25) is 0 Å². The lowest BCUT2D eigenvalue weighted by Crippen LogP contribution is -2.67. The molecule has 4 heterocycles. The molecule has 2 aromatic rings. The quantitative estimate of drug-likeness (QED) is 0.559. The molecule has 3 aliphatic heterocycles. The summed E-state index contributed by atoms with van der Waals surface area (Å²) < 4.78 is 7.61. The maximum absolute atomic E-state index is 13.8. The van der Waals surface area contributed by atoms with Gasteiger partial charge in [-0.2, -0.15) is 0 Å². The summed E-state index contributed by atoms with van der Waals surface area (Å²) in [7, 11) is 2.88. The molecule has 2 bridgehead atoms. The summed E-state index contributed by atoms with van der Waals surface area (Å²) in [5, 5.41) is 0. The third kappa shape index (κ3) is 4.45. The Balaban J connectivity index is 1.47. The average Bonchev–Trinajstić information content (AvgIpc) is 2.87. The van der Waals surface area contributed by atoms with Crippen LogP contribution >= 0.6 is 0 Å². The Morgan fingerprint density at radius 3 is 2.24 bits per heavy atom. The number of carbonyl (C=O) groups is 3. The summed E-state index contributed by atoms with van der Waals surface area (Å²) in [6.45, 7) is 6.07. The van der Waals surface area contributed by atoms with Crippen LogP contribution in [0, 0.1) is 11.3 Å². The van der Waals surface area contributed by atoms with Crippen molar-refractivity contribution in [2.75, 3.05) is 33.7 Å². The number of urea groups is 1. The first kappa shape index (κ1) is 25.2. The van der Waals surface area contributed by atoms with Crippen molar-refractivity contribution in [2.45, 2.75) is 45.3 Å². The molecule has 0 spiro atoms. The predicted octanol–water partition coefficient (Wildman–Crippen LogP) is 2.33. The van der Waals surface area contributed by atoms with Gasteiger partial charge in [0, 0.05) is 58.0 Å². The highest BCUT2D eigenvalue weighted by molar-refractivity contribution is 6.19. The third-order valence-electron chi connectivity index (χ3n) is 7.85. The van der Waals surface area contributed by atoms with Crippen LogP contribution < -0.4 is 10.3 Å². The fraction of sp³-hybridized carbons (Fsp3) is 0.500. The fourth-order valence-electron chi connectivity index (χ4n) is 6.29. The van der Waals surface area contributed by atoms with E-state index in [1.54, 1.807) is 12.1 Å². The van der Waals surface area contributed by atoms with Crippen LogP contribution in [-0.4, -0.2) is 76.9 Å². The summed E-state index contributed by atoms with van der Waals surface area (Å²) in [5.41, 5.74) is 0.415. The van der Waals surface area contributed by atoms with E-state index in [2.05, 4.69) is 4.90 Å². The molecule has 9 nitrogen and oxygen atoms in total. The number of barbiturate groups is 1. The molecule has 5 rings (SSSR count). The molecule has 0 unspecified atom stereocenters. The summed E-state index contributed by atoms with van der Waals surface area (Å²) in [6, 6.07) is 12.2. The SMILES string of the molecule is CC(C)Oc1ccc(CC2(CN3C[C@@H]4C[C@H](C3)c3cccc(=O)n3C4)C(=O)N(C)C(=O)N(C)C2=O)cc1. The highest BCUT2D eigenvalue weighted by Gasteiger charge is 2.56. The lowest BCUT2D eigenvalue weighted by molar-refractivity contribution is -0.159. The molecular formula is C28H34N4O5. The largest absolute Gasteiger partial charge is 0.491 e. The van der Waals surface area contributed by atoms with Crippen molar-refractivity contribution >= 4 is 17.8 Å². The Morgan fingerprint density at radius 1 is 0.919 bits per heavy atom. The van der Waals surface area contributed by atoms with E-state index in [-0.39, 0.29) is 36.5 Å². The van der Waals surface area contributed by atoms with Gasteiger partial charge in [0.1, 0.15) is 11.2 Å². The summed E-state index contributed by atoms with van der Waals surface area (Å²) in [5.74, 6) is 0.167. The lowest BCUT2D eigenvalue weighted by atomic mass is 9.75. The Labute approximate surface area is 216 Å². The first-order valence-electron chi connectivity index (χ1n) is 12.9. The number of hydrogen-bond acceptors (Lipinski definition) is 6. The van der Waals surface area contributed by atoms with E-state index in [1.165, 1.54) is 14.1 Å². The van der Waals surface area contributed by atoms with Gasteiger partial charge in [-0.05, 0) is 56.4 Å². The van der Waals surface area contributed by atoms with Crippen LogP contribution in [0.4, 0.5) is 4.79 Å². The van der Waals surface area contributed by atoms with Crippen LogP contribution in [0.3, 0.4) is 0 Å². The molecule has 3 aliphatic rings. The predicted molar refractivity (Wildman–Crippen MR) is 137 cm³/mol. The molecule has 2 atom stereocenters. The van der Waals surface area contributed by atoms with Gasteiger partial charge in [-0.3, -0.25) is 24.2 Å². The van der Waals surface area contributed by atoms with Gasteiger partial charge >= 0.3 is 6.03 Å². The average molecular weight is 507 g/mol. The van der Waals surface area contributed by atoms with Gasteiger partial charge in [0.15, 0.2) is 0 Å². The zero-order valence-electron chi connectivity index (χ0n) is 21.8. The Hall–Kier alpha value is -3.46. The number of hydrogen-bond donors (Lipinski definition) is 0. The Bertz CT molecular complexity index is 1260. The van der Waals surface area contributed by atoms with Gasteiger partial charge in [0.05, 0.1) is 6.10 Å². The van der Waals surface area contributed by atoms with E-state index >= 15 is 0 Å². The Kier molecular flexibility index (Phi) is 6.43. The van der Waals surface area contributed by atoms with E-state index < -0.39 is 23.3 Å². The first-order valence-corrected chi connectivity index (χ1v) is 12.9. The second kappa shape index (κ2) is 9.45. The Morgan fingerprint density at radius 2 is 1.59 bits per heavy atom. The van der Waals surface area contributed by atoms with Crippen molar-refractivity contribution in [3.8, 4) is 5.75 Å². The number of piperidine rings is 1. The smallest absolute Gasteiger partial charge is 0.332 e. The van der Waals surface area contributed by atoms with Crippen molar-refractivity contribution in [1.82, 2.24) is 19.3 Å². The molecule has 0 N–H and O–H groups in total. The first-order chi connectivity index (χ1) is 17.6. The minimum absolute atomic E-state index is 0.0152. The molecule has 0 saturated carbocycles. The van der Waals surface area contributed by atoms with Gasteiger partial charge in [-0.15, -0.1) is 0 Å². The molecule has 2 saturated heterocycles. The van der Waals surface area contributed by atoms with E-state index in [0.29, 0.717) is 19.6 Å². The number of pyridine rings is 1. The van der Waals surface area contributed by atoms with Crippen molar-refractivity contribution in [2.24, 2.45) is 11.3 Å². The van der Waals surface area contributed by atoms with Crippen molar-refractivity contribution in [3.05, 3.63) is 64.1 Å². The van der Waals surface area contributed by atoms with Crippen molar-refractivity contribution < 1.29 is 19.1 Å². The highest BCUT2D eigenvalue weighted by Crippen LogP contribution is 2.39. The van der Waals surface area contributed by atoms with Crippen molar-refractivity contribution in [1.29, 1.82) is 0 Å². The van der Waals surface area contributed by atoms with Crippen molar-refractivity contribution in [3.63, 3.8) is 0 Å². The molecule has 9 heteroatoms. The maximum atomic E-state index is 13.8. The van der Waals surface area contributed by atoms with Gasteiger partial charge < -0.3 is 14.2 Å². The van der Waals surface area contributed by atoms with Crippen LogP contribution in [-0.2, 0) is 22.6 Å². The summed E-state index contributed by atoms with van der Waals surface area (Å²) >= 11 is 0. The number of benzene rings is 1. The number of carbonyl (C=O) groups excluding carboxylic acids is 3. The molecular weight excluding hydrogens is 472 g/mol. The van der Waals surface area contributed by atoms with Gasteiger partial charge in [-0.1, -0.05) is 18.2 Å². The molecule has 2 fully saturated rings. The second-order valence-electron chi connectivity index (χ2n) is 11.0. The van der Waals surface area contributed by atoms with Gasteiger partial charge in [0.2, 0.25) is 11.8 Å². The second-order valence-corrected chi connectivity index (χ2v) is 11.0. The van der Waals surface area contributed by atoms with Crippen LogP contribution in [0.25, 0.3) is 0 Å². The maximum Gasteiger partial charge on any atom is 0.332 e. The number of ether oxygens (including phenoxy) is 1. The van der Waals surface area contributed by atoms with Gasteiger partial charge in [0.25, 0.3) is 5.56 Å². The standard InChI is InChI=1S/C28H34N4O5/c1-18(2)37-22-10-8-19(9-11-22)13-28(25(34)29(3)27(36)30(4)26(28)35)17-31-14-20-12-21(16-31)23-6-5-7-24(33)32(23)15-20/h5-11,18,20-21H,12-17H2,1-4H3/t20-,21+/m0/s1. The number of nitrogens with zero attached hydrogens (tertiary/aromatic N) is 4. The number of rotatable bonds is 6. The minimum Gasteiger partial charge on any atom is -0.491 e. The van der Waals surface area contributed by atoms with Crippen LogP contribution in [0.1, 0.15) is 37.4 Å². The van der Waals surface area contributed by atoms with E-state index in [4.69, 9.17) is 4.74 Å².